The number of benzene rings is 2. The van der Waals surface area contributed by atoms with Crippen LogP contribution in [0.1, 0.15) is 33.3 Å². The molecule has 1 amide bonds. The summed E-state index contributed by atoms with van der Waals surface area (Å²) in [4.78, 5) is 25.7. The quantitative estimate of drug-likeness (QED) is 0.748. The summed E-state index contributed by atoms with van der Waals surface area (Å²) < 4.78 is 21.9. The summed E-state index contributed by atoms with van der Waals surface area (Å²) in [5.41, 5.74) is 1.98. The first-order chi connectivity index (χ1) is 13.5. The lowest BCUT2D eigenvalue weighted by molar-refractivity contribution is 0.0937. The standard InChI is InChI=1S/C21H19NO6/c1-10-5-6-13-12(7-10)18(23)16-17(22-21(24)20(16)28-13)11-8-14(25-2)19(27-4)15(9-11)26-3/h5-9,17H,1-4H3,(H,22,24)/t17-/m1/s1. The first kappa shape index (κ1) is 17.9. The Morgan fingerprint density at radius 1 is 0.964 bits per heavy atom. The molecular weight excluding hydrogens is 362 g/mol. The Morgan fingerprint density at radius 3 is 2.25 bits per heavy atom. The van der Waals surface area contributed by atoms with Gasteiger partial charge in [0.15, 0.2) is 16.9 Å². The minimum absolute atomic E-state index is 0.0279. The summed E-state index contributed by atoms with van der Waals surface area (Å²) in [7, 11) is 4.52. The molecule has 0 unspecified atom stereocenters. The van der Waals surface area contributed by atoms with Crippen molar-refractivity contribution in [2.24, 2.45) is 0 Å². The van der Waals surface area contributed by atoms with Crippen LogP contribution in [0.3, 0.4) is 0 Å². The van der Waals surface area contributed by atoms with Gasteiger partial charge in [-0.2, -0.15) is 0 Å². The van der Waals surface area contributed by atoms with Crippen LogP contribution in [0, 0.1) is 6.92 Å². The molecule has 0 saturated heterocycles. The third kappa shape index (κ3) is 2.58. The highest BCUT2D eigenvalue weighted by atomic mass is 16.5. The zero-order chi connectivity index (χ0) is 20.0. The molecule has 1 N–H and O–H groups in total. The number of fused-ring (bicyclic) bond motifs is 2. The fraction of sp³-hybridized carbons (Fsp3) is 0.238. The maximum Gasteiger partial charge on any atom is 0.288 e. The Balaban J connectivity index is 1.96. The molecule has 3 aromatic rings. The van der Waals surface area contributed by atoms with Gasteiger partial charge in [0.05, 0.1) is 38.3 Å². The van der Waals surface area contributed by atoms with Gasteiger partial charge < -0.3 is 23.9 Å². The molecule has 7 nitrogen and oxygen atoms in total. The number of rotatable bonds is 4. The van der Waals surface area contributed by atoms with Crippen LogP contribution < -0.4 is 25.0 Å². The van der Waals surface area contributed by atoms with E-state index in [1.807, 2.05) is 13.0 Å². The van der Waals surface area contributed by atoms with Gasteiger partial charge in [-0.1, -0.05) is 11.6 Å². The van der Waals surface area contributed by atoms with E-state index in [4.69, 9.17) is 18.6 Å². The van der Waals surface area contributed by atoms with E-state index in [-0.39, 0.29) is 16.8 Å². The molecule has 0 saturated carbocycles. The van der Waals surface area contributed by atoms with Crippen molar-refractivity contribution in [2.75, 3.05) is 21.3 Å². The van der Waals surface area contributed by atoms with E-state index in [1.54, 1.807) is 24.3 Å². The van der Waals surface area contributed by atoms with Gasteiger partial charge in [0.1, 0.15) is 5.58 Å². The first-order valence-corrected chi connectivity index (χ1v) is 8.66. The van der Waals surface area contributed by atoms with Gasteiger partial charge in [-0.25, -0.2) is 0 Å². The Hall–Kier alpha value is -3.48. The number of aryl methyl sites for hydroxylation is 1. The number of carbonyl (C=O) groups excluding carboxylic acids is 1. The van der Waals surface area contributed by atoms with E-state index in [1.165, 1.54) is 21.3 Å². The van der Waals surface area contributed by atoms with Crippen molar-refractivity contribution in [3.63, 3.8) is 0 Å². The third-order valence-electron chi connectivity index (χ3n) is 4.87. The zero-order valence-corrected chi connectivity index (χ0v) is 15.9. The van der Waals surface area contributed by atoms with Crippen LogP contribution in [0.15, 0.2) is 39.5 Å². The van der Waals surface area contributed by atoms with Gasteiger partial charge in [-0.3, -0.25) is 9.59 Å². The normalized spacial score (nSPS) is 15.3. The summed E-state index contributed by atoms with van der Waals surface area (Å²) in [5.74, 6) is 0.883. The maximum atomic E-state index is 13.2. The molecule has 1 aromatic heterocycles. The molecule has 0 bridgehead atoms. The fourth-order valence-electron chi connectivity index (χ4n) is 3.54. The van der Waals surface area contributed by atoms with Crippen molar-refractivity contribution in [2.45, 2.75) is 13.0 Å². The highest BCUT2D eigenvalue weighted by Gasteiger charge is 2.36. The van der Waals surface area contributed by atoms with Crippen LogP contribution >= 0.6 is 0 Å². The summed E-state index contributed by atoms with van der Waals surface area (Å²) >= 11 is 0. The average Bonchev–Trinajstić information content (AvgIpc) is 3.04. The van der Waals surface area contributed by atoms with E-state index in [0.29, 0.717) is 33.8 Å². The van der Waals surface area contributed by atoms with Crippen LogP contribution in [0.5, 0.6) is 17.2 Å². The van der Waals surface area contributed by atoms with E-state index >= 15 is 0 Å². The molecule has 4 rings (SSSR count). The lowest BCUT2D eigenvalue weighted by atomic mass is 9.98. The van der Waals surface area contributed by atoms with E-state index in [2.05, 4.69) is 5.32 Å². The lowest BCUT2D eigenvalue weighted by Gasteiger charge is -2.17. The zero-order valence-electron chi connectivity index (χ0n) is 15.9. The number of carbonyl (C=O) groups is 1. The van der Waals surface area contributed by atoms with Crippen molar-refractivity contribution in [1.82, 2.24) is 5.32 Å². The summed E-state index contributed by atoms with van der Waals surface area (Å²) in [6, 6.07) is 8.03. The highest BCUT2D eigenvalue weighted by Crippen LogP contribution is 2.42. The van der Waals surface area contributed by atoms with Crippen molar-refractivity contribution in [1.29, 1.82) is 0 Å². The second-order valence-electron chi connectivity index (χ2n) is 6.54. The molecule has 1 aliphatic rings. The molecule has 7 heteroatoms. The Bertz CT molecular complexity index is 1140. The van der Waals surface area contributed by atoms with Crippen molar-refractivity contribution >= 4 is 16.9 Å². The topological polar surface area (TPSA) is 87.0 Å². The van der Waals surface area contributed by atoms with E-state index in [9.17, 15) is 9.59 Å². The van der Waals surface area contributed by atoms with Crippen LogP contribution in [-0.2, 0) is 0 Å². The van der Waals surface area contributed by atoms with E-state index < -0.39 is 11.9 Å². The largest absolute Gasteiger partial charge is 0.493 e. The van der Waals surface area contributed by atoms with Gasteiger partial charge in [-0.15, -0.1) is 0 Å². The monoisotopic (exact) mass is 381 g/mol. The molecule has 0 radical (unpaired) electrons. The van der Waals surface area contributed by atoms with Gasteiger partial charge in [0, 0.05) is 0 Å². The van der Waals surface area contributed by atoms with Crippen molar-refractivity contribution in [3.05, 3.63) is 63.0 Å². The second kappa shape index (κ2) is 6.60. The minimum Gasteiger partial charge on any atom is -0.493 e. The fourth-order valence-corrected chi connectivity index (χ4v) is 3.54. The van der Waals surface area contributed by atoms with Crippen molar-refractivity contribution < 1.29 is 23.4 Å². The SMILES string of the molecule is COc1cc([C@H]2NC(=O)c3oc4ccc(C)cc4c(=O)c32)cc(OC)c1OC. The number of ether oxygens (including phenoxy) is 3. The Kier molecular flexibility index (Phi) is 4.22. The molecule has 0 fully saturated rings. The molecular formula is C21H19NO6. The van der Waals surface area contributed by atoms with Crippen molar-refractivity contribution in [3.8, 4) is 17.2 Å². The molecule has 1 aliphatic heterocycles. The smallest absolute Gasteiger partial charge is 0.288 e. The van der Waals surface area contributed by atoms with E-state index in [0.717, 1.165) is 5.56 Å². The first-order valence-electron chi connectivity index (χ1n) is 8.66. The molecule has 0 aliphatic carbocycles. The number of amides is 1. The third-order valence-corrected chi connectivity index (χ3v) is 4.87. The van der Waals surface area contributed by atoms with Crippen LogP contribution in [0.25, 0.3) is 11.0 Å². The molecule has 0 spiro atoms. The molecule has 1 atom stereocenters. The number of hydrogen-bond acceptors (Lipinski definition) is 6. The predicted molar refractivity (Wildman–Crippen MR) is 103 cm³/mol. The van der Waals surface area contributed by atoms with Gasteiger partial charge in [0.25, 0.3) is 5.91 Å². The Labute approximate surface area is 160 Å². The molecule has 2 aromatic carbocycles. The highest BCUT2D eigenvalue weighted by molar-refractivity contribution is 5.99. The van der Waals surface area contributed by atoms with Gasteiger partial charge >= 0.3 is 0 Å². The minimum atomic E-state index is -0.683. The Morgan fingerprint density at radius 2 is 1.64 bits per heavy atom. The summed E-state index contributed by atoms with van der Waals surface area (Å²) in [6.45, 7) is 1.90. The van der Waals surface area contributed by atoms with Crippen LogP contribution in [-0.4, -0.2) is 27.2 Å². The summed E-state index contributed by atoms with van der Waals surface area (Å²) in [6.07, 6.45) is 0. The molecule has 2 heterocycles. The maximum absolute atomic E-state index is 13.2. The number of hydrogen-bond donors (Lipinski definition) is 1. The number of nitrogens with one attached hydrogen (secondary N) is 1. The average molecular weight is 381 g/mol. The lowest BCUT2D eigenvalue weighted by Crippen LogP contribution is -2.22. The van der Waals surface area contributed by atoms with Crippen LogP contribution in [0.4, 0.5) is 0 Å². The molecule has 144 valence electrons. The predicted octanol–water partition coefficient (Wildman–Crippen LogP) is 2.96. The van der Waals surface area contributed by atoms with Crippen LogP contribution in [0.2, 0.25) is 0 Å². The number of methoxy groups -OCH3 is 3. The summed E-state index contributed by atoms with van der Waals surface area (Å²) in [5, 5.41) is 3.26. The van der Waals surface area contributed by atoms with Gasteiger partial charge in [-0.05, 0) is 36.8 Å². The second-order valence-corrected chi connectivity index (χ2v) is 6.54. The van der Waals surface area contributed by atoms with Gasteiger partial charge in [0.2, 0.25) is 11.5 Å². The molecule has 28 heavy (non-hydrogen) atoms.